The molecule has 0 spiro atoms. The minimum atomic E-state index is 0.0607. The van der Waals surface area contributed by atoms with Crippen LogP contribution in [0.1, 0.15) is 37.7 Å². The highest BCUT2D eigenvalue weighted by atomic mass is 32.2. The maximum atomic E-state index is 11.8. The normalized spacial score (nSPS) is 14.8. The van der Waals surface area contributed by atoms with Crippen LogP contribution in [-0.2, 0) is 11.3 Å². The molecule has 1 aliphatic heterocycles. The number of thioether (sulfide) groups is 1. The molecule has 1 aliphatic rings. The van der Waals surface area contributed by atoms with E-state index >= 15 is 0 Å². The van der Waals surface area contributed by atoms with Gasteiger partial charge in [0.05, 0.1) is 0 Å². The van der Waals surface area contributed by atoms with Crippen LogP contribution < -0.4 is 10.1 Å². The van der Waals surface area contributed by atoms with E-state index in [1.165, 1.54) is 49.3 Å². The van der Waals surface area contributed by atoms with Gasteiger partial charge >= 0.3 is 0 Å². The Labute approximate surface area is 186 Å². The van der Waals surface area contributed by atoms with Gasteiger partial charge in [-0.1, -0.05) is 35.6 Å². The molecule has 0 atom stereocenters. The predicted octanol–water partition coefficient (Wildman–Crippen LogP) is 3.54. The molecule has 1 amide bonds. The Hall–Kier alpha value is -1.97. The number of nitrogens with zero attached hydrogens (tertiary/aromatic N) is 4. The average Bonchev–Trinajstić information content (AvgIpc) is 3.28. The summed E-state index contributed by atoms with van der Waals surface area (Å²) in [4.78, 5) is 18.6. The number of aromatic nitrogens is 3. The fraction of sp³-hybridized carbons (Fsp3) is 0.524. The van der Waals surface area contributed by atoms with Gasteiger partial charge in [0, 0.05) is 37.5 Å². The molecule has 162 valence electrons. The maximum Gasteiger partial charge on any atom is 0.220 e. The van der Waals surface area contributed by atoms with Crippen molar-refractivity contribution < 1.29 is 9.53 Å². The van der Waals surface area contributed by atoms with Gasteiger partial charge in [-0.3, -0.25) is 9.69 Å². The largest absolute Gasteiger partial charge is 0.473 e. The van der Waals surface area contributed by atoms with E-state index in [4.69, 9.17) is 4.74 Å². The number of rotatable bonds is 12. The molecule has 1 N–H and O–H groups in total. The van der Waals surface area contributed by atoms with Crippen molar-refractivity contribution >= 4 is 29.0 Å². The van der Waals surface area contributed by atoms with Crippen LogP contribution in [0.2, 0.25) is 0 Å². The number of likely N-dealkylation sites (tertiary alicyclic amines) is 1. The zero-order valence-electron chi connectivity index (χ0n) is 17.2. The van der Waals surface area contributed by atoms with E-state index in [9.17, 15) is 4.79 Å². The van der Waals surface area contributed by atoms with E-state index < -0.39 is 0 Å². The number of pyridine rings is 1. The van der Waals surface area contributed by atoms with Crippen molar-refractivity contribution in [2.45, 2.75) is 43.0 Å². The molecule has 0 bridgehead atoms. The number of nitrogens with one attached hydrogen (secondary N) is 1. The number of ether oxygens (including phenoxy) is 1. The summed E-state index contributed by atoms with van der Waals surface area (Å²) in [6.45, 7) is 4.26. The van der Waals surface area contributed by atoms with Crippen LogP contribution in [0.4, 0.5) is 0 Å². The van der Waals surface area contributed by atoms with Crippen LogP contribution in [0, 0.1) is 0 Å². The maximum absolute atomic E-state index is 11.8. The van der Waals surface area contributed by atoms with Gasteiger partial charge in [-0.2, -0.15) is 0 Å². The van der Waals surface area contributed by atoms with E-state index in [0.717, 1.165) is 23.1 Å². The number of carbonyl (C=O) groups is 1. The number of carbonyl (C=O) groups excluding carboxylic acids is 1. The highest BCUT2D eigenvalue weighted by Gasteiger charge is 2.10. The molecule has 9 heteroatoms. The molecule has 3 heterocycles. The van der Waals surface area contributed by atoms with Crippen LogP contribution in [0.5, 0.6) is 5.88 Å². The standard InChI is InChI=1S/C21H29N5O2S2/c27-19(7-6-14-29-21-25-24-17-30-21)22-9-2-5-13-28-20-15-18(8-10-23-20)16-26-11-3-1-4-12-26/h2,5,8,10,15,17H,1,3-4,6-7,9,11-14,16H2,(H,22,27). The smallest absolute Gasteiger partial charge is 0.220 e. The van der Waals surface area contributed by atoms with Gasteiger partial charge in [0.1, 0.15) is 12.1 Å². The summed E-state index contributed by atoms with van der Waals surface area (Å²) in [5.74, 6) is 1.58. The number of hydrogen-bond donors (Lipinski definition) is 1. The lowest BCUT2D eigenvalue weighted by Gasteiger charge is -2.26. The van der Waals surface area contributed by atoms with E-state index in [1.807, 2.05) is 24.4 Å². The monoisotopic (exact) mass is 447 g/mol. The summed E-state index contributed by atoms with van der Waals surface area (Å²) >= 11 is 3.16. The first kappa shape index (κ1) is 22.7. The molecule has 2 aromatic rings. The van der Waals surface area contributed by atoms with Gasteiger partial charge in [0.2, 0.25) is 11.8 Å². The van der Waals surface area contributed by atoms with Gasteiger partial charge < -0.3 is 10.1 Å². The average molecular weight is 448 g/mol. The van der Waals surface area contributed by atoms with Crippen LogP contribution in [0.15, 0.2) is 40.3 Å². The first-order chi connectivity index (χ1) is 14.8. The molecule has 1 fully saturated rings. The third-order valence-corrected chi connectivity index (χ3v) is 6.63. The van der Waals surface area contributed by atoms with E-state index in [-0.39, 0.29) is 5.91 Å². The number of hydrogen-bond acceptors (Lipinski definition) is 8. The Morgan fingerprint density at radius 2 is 2.20 bits per heavy atom. The molecule has 2 aromatic heterocycles. The highest BCUT2D eigenvalue weighted by molar-refractivity contribution is 8.00. The summed E-state index contributed by atoms with van der Waals surface area (Å²) in [5, 5.41) is 10.7. The van der Waals surface area contributed by atoms with E-state index in [1.54, 1.807) is 17.3 Å². The second kappa shape index (κ2) is 13.4. The molecule has 0 aliphatic carbocycles. The molecule has 3 rings (SSSR count). The van der Waals surface area contributed by atoms with Crippen LogP contribution in [0.25, 0.3) is 0 Å². The van der Waals surface area contributed by atoms with Gasteiger partial charge in [0.25, 0.3) is 0 Å². The van der Waals surface area contributed by atoms with Crippen molar-refractivity contribution in [3.8, 4) is 5.88 Å². The summed E-state index contributed by atoms with van der Waals surface area (Å²) in [7, 11) is 0. The minimum absolute atomic E-state index is 0.0607. The Balaban J connectivity index is 1.25. The zero-order valence-corrected chi connectivity index (χ0v) is 18.8. The van der Waals surface area contributed by atoms with Crippen molar-refractivity contribution in [3.05, 3.63) is 41.6 Å². The Bertz CT molecular complexity index is 779. The van der Waals surface area contributed by atoms with E-state index in [2.05, 4.69) is 31.5 Å². The lowest BCUT2D eigenvalue weighted by Crippen LogP contribution is -2.29. The third kappa shape index (κ3) is 8.81. The molecule has 0 saturated carbocycles. The summed E-state index contributed by atoms with van der Waals surface area (Å²) in [5.41, 5.74) is 2.95. The van der Waals surface area contributed by atoms with Gasteiger partial charge in [-0.15, -0.1) is 10.2 Å². The molecular weight excluding hydrogens is 418 g/mol. The first-order valence-corrected chi connectivity index (χ1v) is 12.3. The van der Waals surface area contributed by atoms with Gasteiger partial charge in [0.15, 0.2) is 4.34 Å². The van der Waals surface area contributed by atoms with Crippen molar-refractivity contribution in [1.29, 1.82) is 0 Å². The Morgan fingerprint density at radius 3 is 3.03 bits per heavy atom. The molecular formula is C21H29N5O2S2. The number of amides is 1. The molecule has 30 heavy (non-hydrogen) atoms. The van der Waals surface area contributed by atoms with Gasteiger partial charge in [-0.05, 0) is 50.1 Å². The second-order valence-electron chi connectivity index (χ2n) is 7.08. The van der Waals surface area contributed by atoms with Crippen LogP contribution >= 0.6 is 23.1 Å². The summed E-state index contributed by atoms with van der Waals surface area (Å²) in [6.07, 6.45) is 10.9. The minimum Gasteiger partial charge on any atom is -0.473 e. The molecule has 1 saturated heterocycles. The molecule has 0 unspecified atom stereocenters. The second-order valence-corrected chi connectivity index (χ2v) is 9.26. The molecule has 0 radical (unpaired) electrons. The van der Waals surface area contributed by atoms with Crippen molar-refractivity contribution in [2.24, 2.45) is 0 Å². The zero-order chi connectivity index (χ0) is 20.9. The quantitative estimate of drug-likeness (QED) is 0.303. The van der Waals surface area contributed by atoms with Crippen LogP contribution in [0.3, 0.4) is 0 Å². The predicted molar refractivity (Wildman–Crippen MR) is 121 cm³/mol. The first-order valence-electron chi connectivity index (χ1n) is 10.4. The highest BCUT2D eigenvalue weighted by Crippen LogP contribution is 2.20. The van der Waals surface area contributed by atoms with E-state index in [0.29, 0.717) is 25.5 Å². The topological polar surface area (TPSA) is 80.2 Å². The van der Waals surface area contributed by atoms with Crippen molar-refractivity contribution in [2.75, 3.05) is 32.0 Å². The summed E-state index contributed by atoms with van der Waals surface area (Å²) < 4.78 is 6.66. The fourth-order valence-electron chi connectivity index (χ4n) is 3.17. The Kier molecular flexibility index (Phi) is 10.1. The lowest BCUT2D eigenvalue weighted by molar-refractivity contribution is -0.120. The summed E-state index contributed by atoms with van der Waals surface area (Å²) in [6, 6.07) is 4.07. The third-order valence-electron chi connectivity index (χ3n) is 4.68. The van der Waals surface area contributed by atoms with Crippen LogP contribution in [-0.4, -0.2) is 58.0 Å². The molecule has 0 aromatic carbocycles. The fourth-order valence-corrected chi connectivity index (χ4v) is 4.67. The number of piperidine rings is 1. The Morgan fingerprint density at radius 1 is 1.30 bits per heavy atom. The van der Waals surface area contributed by atoms with Crippen molar-refractivity contribution in [3.63, 3.8) is 0 Å². The molecule has 7 nitrogen and oxygen atoms in total. The lowest BCUT2D eigenvalue weighted by atomic mass is 10.1. The SMILES string of the molecule is O=C(CCCSc1nncs1)NCC=CCOc1cc(CN2CCCCC2)ccn1. The van der Waals surface area contributed by atoms with Crippen molar-refractivity contribution in [1.82, 2.24) is 25.4 Å². The van der Waals surface area contributed by atoms with Gasteiger partial charge in [-0.25, -0.2) is 4.98 Å².